The molecule has 0 spiro atoms. The monoisotopic (exact) mass is 420 g/mol. The highest BCUT2D eigenvalue weighted by atomic mass is 32.2. The Kier molecular flexibility index (Phi) is 6.08. The van der Waals surface area contributed by atoms with Crippen molar-refractivity contribution in [2.75, 3.05) is 7.05 Å². The van der Waals surface area contributed by atoms with Crippen molar-refractivity contribution in [2.45, 2.75) is 24.5 Å². The first-order valence-electron chi connectivity index (χ1n) is 8.35. The highest BCUT2D eigenvalue weighted by Gasteiger charge is 2.31. The van der Waals surface area contributed by atoms with E-state index in [9.17, 15) is 13.2 Å². The van der Waals surface area contributed by atoms with Crippen LogP contribution in [0.25, 0.3) is 9.88 Å². The molecule has 1 unspecified atom stereocenters. The van der Waals surface area contributed by atoms with Gasteiger partial charge in [0, 0.05) is 19.0 Å². The lowest BCUT2D eigenvalue weighted by molar-refractivity contribution is -0.129. The van der Waals surface area contributed by atoms with E-state index in [4.69, 9.17) is 0 Å². The van der Waals surface area contributed by atoms with Crippen LogP contribution in [0.15, 0.2) is 53.2 Å². The smallest absolute Gasteiger partial charge is 0.240 e. The molecule has 27 heavy (non-hydrogen) atoms. The summed E-state index contributed by atoms with van der Waals surface area (Å²) in [6, 6.07) is 13.4. The van der Waals surface area contributed by atoms with E-state index in [1.165, 1.54) is 23.2 Å². The summed E-state index contributed by atoms with van der Waals surface area (Å²) in [6.07, 6.45) is 0. The molecule has 3 rings (SSSR count). The molecule has 0 saturated carbocycles. The number of hydrogen-bond acceptors (Lipinski definition) is 6. The maximum Gasteiger partial charge on any atom is 0.240 e. The van der Waals surface area contributed by atoms with Gasteiger partial charge in [-0.2, -0.15) is 0 Å². The van der Waals surface area contributed by atoms with Gasteiger partial charge in [-0.3, -0.25) is 4.79 Å². The molecule has 1 atom stereocenters. The lowest BCUT2D eigenvalue weighted by atomic mass is 10.2. The quantitative estimate of drug-likeness (QED) is 0.583. The molecule has 0 bridgehead atoms. The number of rotatable bonds is 7. The molecule has 1 amide bonds. The van der Waals surface area contributed by atoms with Crippen LogP contribution in [0.3, 0.4) is 0 Å². The van der Waals surface area contributed by atoms with Crippen molar-refractivity contribution in [1.29, 1.82) is 0 Å². The predicted octanol–water partition coefficient (Wildman–Crippen LogP) is 3.83. The van der Waals surface area contributed by atoms with Gasteiger partial charge in [0.25, 0.3) is 0 Å². The molecule has 0 N–H and O–H groups in total. The molecule has 142 valence electrons. The van der Waals surface area contributed by atoms with E-state index in [0.29, 0.717) is 12.2 Å². The van der Waals surface area contributed by atoms with Gasteiger partial charge in [-0.15, -0.1) is 22.7 Å². The fourth-order valence-electron chi connectivity index (χ4n) is 2.62. The van der Waals surface area contributed by atoms with Gasteiger partial charge in [0.15, 0.2) is 9.84 Å². The molecule has 3 aromatic rings. The number of nitrogens with zero attached hydrogens (tertiary/aromatic N) is 2. The summed E-state index contributed by atoms with van der Waals surface area (Å²) >= 11 is 2.98. The zero-order chi connectivity index (χ0) is 19.4. The van der Waals surface area contributed by atoms with E-state index in [2.05, 4.69) is 4.98 Å². The molecule has 0 aliphatic carbocycles. The average Bonchev–Trinajstić information content (AvgIpc) is 3.32. The minimum atomic E-state index is -3.65. The summed E-state index contributed by atoms with van der Waals surface area (Å²) in [5.74, 6) is -0.645. The first-order chi connectivity index (χ1) is 12.9. The van der Waals surface area contributed by atoms with E-state index in [-0.39, 0.29) is 5.75 Å². The Labute approximate surface area is 167 Å². The first kappa shape index (κ1) is 19.7. The topological polar surface area (TPSA) is 67.3 Å². The Morgan fingerprint density at radius 3 is 2.56 bits per heavy atom. The van der Waals surface area contributed by atoms with Crippen molar-refractivity contribution in [3.63, 3.8) is 0 Å². The Bertz CT molecular complexity index is 996. The molecule has 8 heteroatoms. The maximum absolute atomic E-state index is 12.7. The van der Waals surface area contributed by atoms with Crippen LogP contribution >= 0.6 is 22.7 Å². The first-order valence-corrected chi connectivity index (χ1v) is 11.8. The number of carbonyl (C=O) groups is 1. The Morgan fingerprint density at radius 2 is 1.89 bits per heavy atom. The summed E-state index contributed by atoms with van der Waals surface area (Å²) in [4.78, 5) is 19.5. The van der Waals surface area contributed by atoms with Crippen LogP contribution < -0.4 is 0 Å². The van der Waals surface area contributed by atoms with Crippen LogP contribution in [-0.2, 0) is 26.9 Å². The highest BCUT2D eigenvalue weighted by Crippen LogP contribution is 2.28. The van der Waals surface area contributed by atoms with Gasteiger partial charge in [0.1, 0.15) is 10.3 Å². The molecule has 1 aromatic carbocycles. The second-order valence-electron chi connectivity index (χ2n) is 6.25. The van der Waals surface area contributed by atoms with Crippen molar-refractivity contribution in [3.8, 4) is 9.88 Å². The third kappa shape index (κ3) is 4.82. The zero-order valence-electron chi connectivity index (χ0n) is 15.0. The summed E-state index contributed by atoms with van der Waals surface area (Å²) in [5.41, 5.74) is 1.44. The normalized spacial score (nSPS) is 12.7. The standard InChI is InChI=1S/C19H20N2O3S3/c1-14(19(22)21(2)11-15-7-4-3-5-8-15)27(23,24)13-16-12-26-18(20-16)17-9-6-10-25-17/h3-10,12,14H,11,13H2,1-2H3. The van der Waals surface area contributed by atoms with Crippen LogP contribution in [-0.4, -0.2) is 36.5 Å². The number of sulfone groups is 1. The van der Waals surface area contributed by atoms with Crippen molar-refractivity contribution < 1.29 is 13.2 Å². The Balaban J connectivity index is 1.67. The summed E-state index contributed by atoms with van der Waals surface area (Å²) in [5, 5.41) is 3.39. The van der Waals surface area contributed by atoms with E-state index < -0.39 is 21.0 Å². The van der Waals surface area contributed by atoms with Crippen LogP contribution in [0, 0.1) is 0 Å². The average molecular weight is 421 g/mol. The summed E-state index contributed by atoms with van der Waals surface area (Å²) in [6.45, 7) is 1.82. The van der Waals surface area contributed by atoms with E-state index in [1.54, 1.807) is 23.8 Å². The van der Waals surface area contributed by atoms with Gasteiger partial charge in [0.05, 0.1) is 16.3 Å². The zero-order valence-corrected chi connectivity index (χ0v) is 17.5. The molecule has 0 radical (unpaired) electrons. The van der Waals surface area contributed by atoms with Gasteiger partial charge in [0.2, 0.25) is 5.91 Å². The highest BCUT2D eigenvalue weighted by molar-refractivity contribution is 7.92. The number of carbonyl (C=O) groups excluding carboxylic acids is 1. The maximum atomic E-state index is 12.7. The third-order valence-electron chi connectivity index (χ3n) is 4.16. The van der Waals surface area contributed by atoms with E-state index >= 15 is 0 Å². The fourth-order valence-corrected chi connectivity index (χ4v) is 5.65. The number of aromatic nitrogens is 1. The summed E-state index contributed by atoms with van der Waals surface area (Å²) < 4.78 is 25.4. The second kappa shape index (κ2) is 8.33. The van der Waals surface area contributed by atoms with Crippen molar-refractivity contribution in [2.24, 2.45) is 0 Å². The largest absolute Gasteiger partial charge is 0.340 e. The fraction of sp³-hybridized carbons (Fsp3) is 0.263. The molecule has 5 nitrogen and oxygen atoms in total. The molecule has 0 aliphatic heterocycles. The lowest BCUT2D eigenvalue weighted by Gasteiger charge is -2.21. The molecule has 0 aliphatic rings. The molecular formula is C19H20N2O3S3. The summed E-state index contributed by atoms with van der Waals surface area (Å²) in [7, 11) is -2.02. The third-order valence-corrected chi connectivity index (χ3v) is 8.07. The van der Waals surface area contributed by atoms with Gasteiger partial charge < -0.3 is 4.90 Å². The van der Waals surface area contributed by atoms with Crippen LogP contribution in [0.4, 0.5) is 0 Å². The number of hydrogen-bond donors (Lipinski definition) is 0. The predicted molar refractivity (Wildman–Crippen MR) is 110 cm³/mol. The molecular weight excluding hydrogens is 400 g/mol. The van der Waals surface area contributed by atoms with Crippen LogP contribution in [0.1, 0.15) is 18.2 Å². The molecule has 0 fully saturated rings. The van der Waals surface area contributed by atoms with E-state index in [0.717, 1.165) is 15.4 Å². The van der Waals surface area contributed by atoms with Gasteiger partial charge in [-0.05, 0) is 23.9 Å². The number of thiophene rings is 1. The minimum absolute atomic E-state index is 0.235. The van der Waals surface area contributed by atoms with Crippen molar-refractivity contribution in [3.05, 3.63) is 64.5 Å². The van der Waals surface area contributed by atoms with Gasteiger partial charge >= 0.3 is 0 Å². The van der Waals surface area contributed by atoms with Crippen molar-refractivity contribution >= 4 is 38.4 Å². The number of amides is 1. The molecule has 2 aromatic heterocycles. The second-order valence-corrected chi connectivity index (χ2v) is 10.4. The lowest BCUT2D eigenvalue weighted by Crippen LogP contribution is -2.39. The number of benzene rings is 1. The minimum Gasteiger partial charge on any atom is -0.340 e. The van der Waals surface area contributed by atoms with Gasteiger partial charge in [-0.1, -0.05) is 36.4 Å². The van der Waals surface area contributed by atoms with Gasteiger partial charge in [-0.25, -0.2) is 13.4 Å². The molecule has 0 saturated heterocycles. The van der Waals surface area contributed by atoms with Crippen LogP contribution in [0.5, 0.6) is 0 Å². The Hall–Kier alpha value is -2.03. The SMILES string of the molecule is CC(C(=O)N(C)Cc1ccccc1)S(=O)(=O)Cc1csc(-c2cccs2)n1. The molecule has 2 heterocycles. The van der Waals surface area contributed by atoms with Crippen molar-refractivity contribution in [1.82, 2.24) is 9.88 Å². The van der Waals surface area contributed by atoms with Crippen LogP contribution in [0.2, 0.25) is 0 Å². The van der Waals surface area contributed by atoms with E-state index in [1.807, 2.05) is 47.8 Å². The number of thiazole rings is 1. The Morgan fingerprint density at radius 1 is 1.15 bits per heavy atom.